The van der Waals surface area contributed by atoms with Crippen LogP contribution < -0.4 is 5.73 Å². The molecule has 0 spiro atoms. The molecule has 2 rings (SSSR count). The number of nitrogen functional groups attached to an aromatic ring is 1. The molecule has 114 valence electrons. The van der Waals surface area contributed by atoms with Crippen molar-refractivity contribution in [3.63, 3.8) is 0 Å². The highest BCUT2D eigenvalue weighted by molar-refractivity contribution is 6.00. The van der Waals surface area contributed by atoms with Crippen molar-refractivity contribution in [1.29, 1.82) is 0 Å². The zero-order chi connectivity index (χ0) is 15.6. The van der Waals surface area contributed by atoms with Crippen molar-refractivity contribution < 1.29 is 9.72 Å². The number of nitro benzene ring substituents is 1. The Bertz CT molecular complexity index is 559. The number of likely N-dealkylation sites (N-methyl/N-ethyl adjacent to an activating group) is 1. The Balaban J connectivity index is 2.26. The molecule has 0 saturated carbocycles. The molecule has 1 heterocycles. The normalized spacial score (nSPS) is 18.2. The Morgan fingerprint density at radius 2 is 2.24 bits per heavy atom. The number of anilines is 1. The topological polar surface area (TPSA) is 92.7 Å². The minimum atomic E-state index is -0.516. The van der Waals surface area contributed by atoms with Gasteiger partial charge in [-0.3, -0.25) is 14.9 Å². The van der Waals surface area contributed by atoms with E-state index >= 15 is 0 Å². The van der Waals surface area contributed by atoms with Crippen LogP contribution in [-0.2, 0) is 0 Å². The van der Waals surface area contributed by atoms with E-state index in [9.17, 15) is 14.9 Å². The van der Waals surface area contributed by atoms with Gasteiger partial charge in [0, 0.05) is 37.0 Å². The lowest BCUT2D eigenvalue weighted by atomic mass is 10.1. The van der Waals surface area contributed by atoms with E-state index in [1.54, 1.807) is 4.90 Å². The smallest absolute Gasteiger partial charge is 0.270 e. The molecule has 21 heavy (non-hydrogen) atoms. The number of carbonyl (C=O) groups is 1. The first-order valence-electron chi connectivity index (χ1n) is 6.89. The van der Waals surface area contributed by atoms with Gasteiger partial charge < -0.3 is 15.5 Å². The molecule has 1 fully saturated rings. The summed E-state index contributed by atoms with van der Waals surface area (Å²) in [6, 6.07) is 4.13. The Morgan fingerprint density at radius 1 is 1.52 bits per heavy atom. The number of amides is 1. The number of nitrogens with two attached hydrogens (primary N) is 1. The third kappa shape index (κ3) is 3.30. The minimum Gasteiger partial charge on any atom is -0.398 e. The molecule has 1 aromatic rings. The summed E-state index contributed by atoms with van der Waals surface area (Å²) in [6.07, 6.45) is 1.89. The average Bonchev–Trinajstić information content (AvgIpc) is 2.85. The summed E-state index contributed by atoms with van der Waals surface area (Å²) in [5, 5.41) is 10.9. The van der Waals surface area contributed by atoms with Gasteiger partial charge in [0.25, 0.3) is 11.6 Å². The summed E-state index contributed by atoms with van der Waals surface area (Å²) in [5.74, 6) is -0.222. The van der Waals surface area contributed by atoms with E-state index in [1.807, 2.05) is 19.0 Å². The van der Waals surface area contributed by atoms with Gasteiger partial charge in [0.05, 0.1) is 10.5 Å². The fraction of sp³-hybridized carbons (Fsp3) is 0.500. The largest absolute Gasteiger partial charge is 0.398 e. The van der Waals surface area contributed by atoms with Crippen molar-refractivity contribution in [3.8, 4) is 0 Å². The first-order valence-corrected chi connectivity index (χ1v) is 6.89. The summed E-state index contributed by atoms with van der Waals surface area (Å²) in [7, 11) is 3.92. The van der Waals surface area contributed by atoms with Crippen LogP contribution in [0.4, 0.5) is 11.4 Å². The van der Waals surface area contributed by atoms with Crippen molar-refractivity contribution in [2.45, 2.75) is 18.9 Å². The van der Waals surface area contributed by atoms with Gasteiger partial charge in [-0.15, -0.1) is 0 Å². The third-order valence-corrected chi connectivity index (χ3v) is 3.69. The predicted octanol–water partition coefficient (Wildman–Crippen LogP) is 1.34. The number of hydrogen-bond donors (Lipinski definition) is 1. The molecular weight excluding hydrogens is 272 g/mol. The quantitative estimate of drug-likeness (QED) is 0.513. The molecule has 1 unspecified atom stereocenters. The van der Waals surface area contributed by atoms with Crippen LogP contribution >= 0.6 is 0 Å². The van der Waals surface area contributed by atoms with Crippen LogP contribution in [0.15, 0.2) is 18.2 Å². The van der Waals surface area contributed by atoms with Gasteiger partial charge in [-0.25, -0.2) is 0 Å². The van der Waals surface area contributed by atoms with Gasteiger partial charge in [0.1, 0.15) is 0 Å². The standard InChI is InChI=1S/C14H20N4O3/c1-16(2)9-11-4-3-7-17(11)14(19)12-8-10(18(20)21)5-6-13(12)15/h5-6,8,11H,3-4,7,9,15H2,1-2H3. The lowest BCUT2D eigenvalue weighted by molar-refractivity contribution is -0.384. The van der Waals surface area contributed by atoms with E-state index in [0.29, 0.717) is 6.54 Å². The molecule has 1 aliphatic rings. The molecule has 1 saturated heterocycles. The Labute approximate surface area is 123 Å². The maximum absolute atomic E-state index is 12.6. The summed E-state index contributed by atoms with van der Waals surface area (Å²) < 4.78 is 0. The number of carbonyl (C=O) groups excluding carboxylic acids is 1. The van der Waals surface area contributed by atoms with Crippen molar-refractivity contribution in [1.82, 2.24) is 9.80 Å². The summed E-state index contributed by atoms with van der Waals surface area (Å²) in [5.41, 5.74) is 6.21. The third-order valence-electron chi connectivity index (χ3n) is 3.69. The summed E-state index contributed by atoms with van der Waals surface area (Å²) in [6.45, 7) is 1.44. The maximum atomic E-state index is 12.6. The molecule has 1 aliphatic heterocycles. The lowest BCUT2D eigenvalue weighted by Crippen LogP contribution is -2.41. The van der Waals surface area contributed by atoms with E-state index in [-0.39, 0.29) is 28.9 Å². The maximum Gasteiger partial charge on any atom is 0.270 e. The highest BCUT2D eigenvalue weighted by Gasteiger charge is 2.31. The molecule has 1 atom stereocenters. The Kier molecular flexibility index (Phi) is 4.42. The molecular formula is C14H20N4O3. The van der Waals surface area contributed by atoms with Gasteiger partial charge in [0.2, 0.25) is 0 Å². The van der Waals surface area contributed by atoms with E-state index in [1.165, 1.54) is 18.2 Å². The lowest BCUT2D eigenvalue weighted by Gasteiger charge is -2.27. The minimum absolute atomic E-state index is 0.115. The number of rotatable bonds is 4. The second-order valence-corrected chi connectivity index (χ2v) is 5.59. The second kappa shape index (κ2) is 6.09. The molecule has 0 radical (unpaired) electrons. The zero-order valence-electron chi connectivity index (χ0n) is 12.3. The molecule has 2 N–H and O–H groups in total. The number of benzene rings is 1. The first-order chi connectivity index (χ1) is 9.90. The Hall–Kier alpha value is -2.15. The Morgan fingerprint density at radius 3 is 2.86 bits per heavy atom. The molecule has 1 amide bonds. The zero-order valence-corrected chi connectivity index (χ0v) is 12.3. The van der Waals surface area contributed by atoms with Gasteiger partial charge in [-0.05, 0) is 33.0 Å². The number of hydrogen-bond acceptors (Lipinski definition) is 5. The molecule has 0 aromatic heterocycles. The van der Waals surface area contributed by atoms with E-state index in [4.69, 9.17) is 5.73 Å². The second-order valence-electron chi connectivity index (χ2n) is 5.59. The molecule has 7 heteroatoms. The number of nitro groups is 1. The van der Waals surface area contributed by atoms with Crippen LogP contribution in [0.1, 0.15) is 23.2 Å². The molecule has 0 bridgehead atoms. The SMILES string of the molecule is CN(C)CC1CCCN1C(=O)c1cc([N+](=O)[O-])ccc1N. The van der Waals surface area contributed by atoms with Crippen LogP contribution in [0.25, 0.3) is 0 Å². The fourth-order valence-corrected chi connectivity index (χ4v) is 2.71. The monoisotopic (exact) mass is 292 g/mol. The molecule has 7 nitrogen and oxygen atoms in total. The van der Waals surface area contributed by atoms with Gasteiger partial charge in [0.15, 0.2) is 0 Å². The number of nitrogens with zero attached hydrogens (tertiary/aromatic N) is 3. The van der Waals surface area contributed by atoms with Crippen LogP contribution in [-0.4, -0.2) is 53.9 Å². The van der Waals surface area contributed by atoms with Crippen LogP contribution in [0, 0.1) is 10.1 Å². The number of likely N-dealkylation sites (tertiary alicyclic amines) is 1. The average molecular weight is 292 g/mol. The van der Waals surface area contributed by atoms with E-state index in [0.717, 1.165) is 19.4 Å². The summed E-state index contributed by atoms with van der Waals surface area (Å²) >= 11 is 0. The van der Waals surface area contributed by atoms with E-state index < -0.39 is 4.92 Å². The van der Waals surface area contributed by atoms with Crippen molar-refractivity contribution in [2.75, 3.05) is 32.9 Å². The van der Waals surface area contributed by atoms with Crippen molar-refractivity contribution >= 4 is 17.3 Å². The number of non-ortho nitro benzene ring substituents is 1. The van der Waals surface area contributed by atoms with E-state index in [2.05, 4.69) is 0 Å². The van der Waals surface area contributed by atoms with Crippen molar-refractivity contribution in [3.05, 3.63) is 33.9 Å². The molecule has 1 aromatic carbocycles. The highest BCUT2D eigenvalue weighted by Crippen LogP contribution is 2.25. The van der Waals surface area contributed by atoms with Crippen LogP contribution in [0.3, 0.4) is 0 Å². The highest BCUT2D eigenvalue weighted by atomic mass is 16.6. The van der Waals surface area contributed by atoms with Gasteiger partial charge in [-0.1, -0.05) is 0 Å². The van der Waals surface area contributed by atoms with Crippen LogP contribution in [0.2, 0.25) is 0 Å². The van der Waals surface area contributed by atoms with Crippen LogP contribution in [0.5, 0.6) is 0 Å². The first kappa shape index (κ1) is 15.2. The molecule has 0 aliphatic carbocycles. The summed E-state index contributed by atoms with van der Waals surface area (Å²) in [4.78, 5) is 26.8. The van der Waals surface area contributed by atoms with Gasteiger partial charge in [-0.2, -0.15) is 0 Å². The fourth-order valence-electron chi connectivity index (χ4n) is 2.71. The van der Waals surface area contributed by atoms with Crippen molar-refractivity contribution in [2.24, 2.45) is 0 Å². The predicted molar refractivity (Wildman–Crippen MR) is 80.1 cm³/mol. The van der Waals surface area contributed by atoms with Gasteiger partial charge >= 0.3 is 0 Å².